The average Bonchev–Trinajstić information content (AvgIpc) is 2.53. The van der Waals surface area contributed by atoms with Gasteiger partial charge < -0.3 is 15.0 Å². The van der Waals surface area contributed by atoms with Crippen LogP contribution >= 0.6 is 0 Å². The molecule has 0 saturated heterocycles. The normalized spacial score (nSPS) is 12.0. The lowest BCUT2D eigenvalue weighted by Gasteiger charge is -2.10. The first-order valence-corrected chi connectivity index (χ1v) is 9.45. The van der Waals surface area contributed by atoms with E-state index < -0.39 is 11.9 Å². The molecule has 5 nitrogen and oxygen atoms in total. The number of hydrogen-bond donors (Lipinski definition) is 2. The van der Waals surface area contributed by atoms with E-state index in [4.69, 9.17) is 10.2 Å². The zero-order chi connectivity index (χ0) is 18.0. The largest absolute Gasteiger partial charge is 0.481 e. The van der Waals surface area contributed by atoms with Crippen molar-refractivity contribution < 1.29 is 24.6 Å². The Bertz CT molecular complexity index is 341. The third-order valence-corrected chi connectivity index (χ3v) is 4.37. The number of carboxylic acids is 2. The topological polar surface area (TPSA) is 91.7 Å². The summed E-state index contributed by atoms with van der Waals surface area (Å²) in [4.78, 5) is 31.8. The molecule has 5 heteroatoms. The number of rotatable bonds is 18. The molecule has 1 unspecified atom stereocenters. The van der Waals surface area contributed by atoms with Crippen molar-refractivity contribution in [2.24, 2.45) is 5.92 Å². The van der Waals surface area contributed by atoms with E-state index in [1.54, 1.807) is 0 Å². The summed E-state index contributed by atoms with van der Waals surface area (Å²) in [6.45, 7) is 0. The Balaban J connectivity index is 3.39. The highest BCUT2D eigenvalue weighted by molar-refractivity contribution is 5.66. The summed E-state index contributed by atoms with van der Waals surface area (Å²) in [5.74, 6) is -1.28. The molecule has 0 fully saturated rings. The summed E-state index contributed by atoms with van der Waals surface area (Å²) in [7, 11) is 0. The highest BCUT2D eigenvalue weighted by Crippen LogP contribution is 2.17. The number of carboxylic acid groups (broad SMARTS) is 2. The molecule has 0 rings (SSSR count). The maximum Gasteiger partial charge on any atom is 0.303 e. The van der Waals surface area contributed by atoms with E-state index in [1.165, 1.54) is 0 Å². The first-order chi connectivity index (χ1) is 11.6. The minimum atomic E-state index is -0.724. The molecule has 2 N–H and O–H groups in total. The smallest absolute Gasteiger partial charge is 0.303 e. The third kappa shape index (κ3) is 17.0. The van der Waals surface area contributed by atoms with Crippen molar-refractivity contribution in [3.63, 3.8) is 0 Å². The van der Waals surface area contributed by atoms with Crippen LogP contribution in [0.3, 0.4) is 0 Å². The Morgan fingerprint density at radius 1 is 0.625 bits per heavy atom. The van der Waals surface area contributed by atoms with Gasteiger partial charge in [-0.25, -0.2) is 0 Å². The van der Waals surface area contributed by atoms with Crippen LogP contribution in [0.25, 0.3) is 0 Å². The molecule has 0 heterocycles. The lowest BCUT2D eigenvalue weighted by atomic mass is 9.95. The molecule has 0 aromatic carbocycles. The third-order valence-electron chi connectivity index (χ3n) is 4.37. The molecule has 0 aliphatic carbocycles. The Morgan fingerprint density at radius 2 is 0.958 bits per heavy atom. The zero-order valence-electron chi connectivity index (χ0n) is 14.9. The van der Waals surface area contributed by atoms with Gasteiger partial charge in [-0.1, -0.05) is 57.8 Å². The molecule has 0 aromatic heterocycles. The van der Waals surface area contributed by atoms with E-state index in [0.29, 0.717) is 0 Å². The molecule has 0 saturated carbocycles. The number of unbranched alkanes of at least 4 members (excludes halogenated alkanes) is 9. The second kappa shape index (κ2) is 16.5. The van der Waals surface area contributed by atoms with Crippen molar-refractivity contribution in [2.45, 2.75) is 96.3 Å². The van der Waals surface area contributed by atoms with Crippen LogP contribution < -0.4 is 0 Å². The van der Waals surface area contributed by atoms with Crippen LogP contribution in [0.5, 0.6) is 0 Å². The summed E-state index contributed by atoms with van der Waals surface area (Å²) >= 11 is 0. The number of carbonyl (C=O) groups is 3. The molecule has 0 spiro atoms. The van der Waals surface area contributed by atoms with E-state index in [-0.39, 0.29) is 18.8 Å². The van der Waals surface area contributed by atoms with E-state index >= 15 is 0 Å². The van der Waals surface area contributed by atoms with Crippen molar-refractivity contribution >= 4 is 18.2 Å². The van der Waals surface area contributed by atoms with Gasteiger partial charge in [0.1, 0.15) is 6.29 Å². The summed E-state index contributed by atoms with van der Waals surface area (Å²) in [5, 5.41) is 17.1. The van der Waals surface area contributed by atoms with Crippen LogP contribution in [0.15, 0.2) is 0 Å². The van der Waals surface area contributed by atoms with Crippen molar-refractivity contribution in [1.29, 1.82) is 0 Å². The van der Waals surface area contributed by atoms with Gasteiger partial charge in [-0.2, -0.15) is 0 Å². The van der Waals surface area contributed by atoms with Crippen LogP contribution in [0, 0.1) is 5.92 Å². The number of hydrogen-bond acceptors (Lipinski definition) is 3. The fourth-order valence-corrected chi connectivity index (χ4v) is 2.88. The maximum absolute atomic E-state index is 11.1. The minimum Gasteiger partial charge on any atom is -0.481 e. The molecule has 0 radical (unpaired) electrons. The first kappa shape index (κ1) is 22.6. The van der Waals surface area contributed by atoms with Crippen LogP contribution in [0.2, 0.25) is 0 Å². The van der Waals surface area contributed by atoms with Crippen molar-refractivity contribution in [3.8, 4) is 0 Å². The zero-order valence-corrected chi connectivity index (χ0v) is 14.9. The van der Waals surface area contributed by atoms with Gasteiger partial charge in [0.25, 0.3) is 0 Å². The van der Waals surface area contributed by atoms with Gasteiger partial charge in [-0.3, -0.25) is 9.59 Å². The van der Waals surface area contributed by atoms with E-state index in [9.17, 15) is 14.4 Å². The molecule has 1 atom stereocenters. The van der Waals surface area contributed by atoms with E-state index in [1.807, 2.05) is 0 Å². The summed E-state index contributed by atoms with van der Waals surface area (Å²) in [6.07, 6.45) is 14.5. The Hall–Kier alpha value is -1.39. The van der Waals surface area contributed by atoms with Gasteiger partial charge in [0, 0.05) is 18.8 Å². The van der Waals surface area contributed by atoms with Gasteiger partial charge in [0.05, 0.1) is 0 Å². The van der Waals surface area contributed by atoms with Crippen LogP contribution in [0.1, 0.15) is 96.3 Å². The first-order valence-electron chi connectivity index (χ1n) is 9.45. The fraction of sp³-hybridized carbons (Fsp3) is 0.842. The minimum absolute atomic E-state index is 0.163. The second-order valence-corrected chi connectivity index (χ2v) is 6.65. The van der Waals surface area contributed by atoms with Gasteiger partial charge >= 0.3 is 11.9 Å². The lowest BCUT2D eigenvalue weighted by molar-refractivity contribution is -0.138. The standard InChI is InChI=1S/C19H34O5/c20-16-17(13-9-5-3-7-11-15-19(23)24)12-8-4-1-2-6-10-14-18(21)22/h16-17H,1-15H2,(H,21,22)(H,23,24). The van der Waals surface area contributed by atoms with Gasteiger partial charge in [-0.05, 0) is 25.7 Å². The molecule has 0 amide bonds. The monoisotopic (exact) mass is 342 g/mol. The van der Waals surface area contributed by atoms with Gasteiger partial charge in [0.2, 0.25) is 0 Å². The van der Waals surface area contributed by atoms with Crippen molar-refractivity contribution in [3.05, 3.63) is 0 Å². The van der Waals surface area contributed by atoms with Crippen LogP contribution in [-0.2, 0) is 14.4 Å². The predicted molar refractivity (Wildman–Crippen MR) is 94.1 cm³/mol. The molecule has 140 valence electrons. The summed E-state index contributed by atoms with van der Waals surface area (Å²) < 4.78 is 0. The fourth-order valence-electron chi connectivity index (χ4n) is 2.88. The summed E-state index contributed by atoms with van der Waals surface area (Å²) in [6, 6.07) is 0. The number of aliphatic carboxylic acids is 2. The average molecular weight is 342 g/mol. The molecular weight excluding hydrogens is 308 g/mol. The highest BCUT2D eigenvalue weighted by atomic mass is 16.4. The molecule has 0 aromatic rings. The Morgan fingerprint density at radius 3 is 1.29 bits per heavy atom. The van der Waals surface area contributed by atoms with E-state index in [2.05, 4.69) is 0 Å². The maximum atomic E-state index is 11.1. The molecule has 24 heavy (non-hydrogen) atoms. The van der Waals surface area contributed by atoms with Gasteiger partial charge in [0.15, 0.2) is 0 Å². The molecular formula is C19H34O5. The van der Waals surface area contributed by atoms with Crippen molar-refractivity contribution in [1.82, 2.24) is 0 Å². The Kier molecular flexibility index (Phi) is 15.5. The lowest BCUT2D eigenvalue weighted by Crippen LogP contribution is -2.02. The highest BCUT2D eigenvalue weighted by Gasteiger charge is 2.07. The summed E-state index contributed by atoms with van der Waals surface area (Å²) in [5.41, 5.74) is 0. The van der Waals surface area contributed by atoms with E-state index in [0.717, 1.165) is 89.8 Å². The van der Waals surface area contributed by atoms with Gasteiger partial charge in [-0.15, -0.1) is 0 Å². The Labute approximate surface area is 145 Å². The SMILES string of the molecule is O=CC(CCCCCCCCC(=O)O)CCCCCCCC(=O)O. The molecule has 0 aliphatic rings. The number of aldehydes is 1. The number of carbonyl (C=O) groups excluding carboxylic acids is 1. The molecule has 0 bridgehead atoms. The van der Waals surface area contributed by atoms with Crippen LogP contribution in [0.4, 0.5) is 0 Å². The molecule has 0 aliphatic heterocycles. The predicted octanol–water partition coefficient (Wildman–Crippen LogP) is 4.82. The second-order valence-electron chi connectivity index (χ2n) is 6.65. The van der Waals surface area contributed by atoms with Crippen LogP contribution in [-0.4, -0.2) is 28.4 Å². The van der Waals surface area contributed by atoms with Crippen molar-refractivity contribution in [2.75, 3.05) is 0 Å². The quantitative estimate of drug-likeness (QED) is 0.275.